The zero-order valence-electron chi connectivity index (χ0n) is 16.8. The first kappa shape index (κ1) is 22.0. The van der Waals surface area contributed by atoms with Crippen LogP contribution in [-0.4, -0.2) is 35.4 Å². The lowest BCUT2D eigenvalue weighted by Gasteiger charge is -2.12. The van der Waals surface area contributed by atoms with Gasteiger partial charge < -0.3 is 9.47 Å². The van der Waals surface area contributed by atoms with Gasteiger partial charge in [-0.15, -0.1) is 11.3 Å². The maximum Gasteiger partial charge on any atom is 0.262 e. The molecule has 2 aromatic heterocycles. The fraction of sp³-hybridized carbons (Fsp3) is 0.300. The third kappa shape index (κ3) is 4.88. The van der Waals surface area contributed by atoms with Crippen LogP contribution in [0.3, 0.4) is 0 Å². The lowest BCUT2D eigenvalue weighted by atomic mass is 10.2. The van der Waals surface area contributed by atoms with Gasteiger partial charge in [0.2, 0.25) is 0 Å². The molecular weight excluding hydrogens is 472 g/mol. The average Bonchev–Trinajstić information content (AvgIpc) is 3.16. The fourth-order valence-electron chi connectivity index (χ4n) is 2.76. The minimum absolute atomic E-state index is 0.174. The number of methoxy groups -OCH3 is 1. The number of nitrogens with one attached hydrogen (secondary N) is 1. The van der Waals surface area contributed by atoms with Gasteiger partial charge in [0.05, 0.1) is 36.1 Å². The van der Waals surface area contributed by atoms with Crippen molar-refractivity contribution in [3.05, 3.63) is 49.8 Å². The lowest BCUT2D eigenvalue weighted by Crippen LogP contribution is -2.29. The van der Waals surface area contributed by atoms with E-state index in [4.69, 9.17) is 9.47 Å². The van der Waals surface area contributed by atoms with Gasteiger partial charge in [0, 0.05) is 4.88 Å². The number of fused-ring (bicyclic) bond motifs is 1. The van der Waals surface area contributed by atoms with Crippen LogP contribution in [0.5, 0.6) is 11.5 Å². The number of hydrazone groups is 1. The summed E-state index contributed by atoms with van der Waals surface area (Å²) in [6.45, 7) is 4.24. The topological polar surface area (TPSA) is 94.8 Å². The van der Waals surface area contributed by atoms with Crippen molar-refractivity contribution in [3.63, 3.8) is 0 Å². The monoisotopic (exact) mass is 492 g/mol. The Kier molecular flexibility index (Phi) is 7.22. The summed E-state index contributed by atoms with van der Waals surface area (Å²) in [5.74, 6) is 0.715. The highest BCUT2D eigenvalue weighted by Gasteiger charge is 2.12. The van der Waals surface area contributed by atoms with Crippen molar-refractivity contribution in [2.24, 2.45) is 5.10 Å². The first-order valence-corrected chi connectivity index (χ1v) is 10.9. The molecule has 1 amide bonds. The van der Waals surface area contributed by atoms with Crippen LogP contribution in [0.25, 0.3) is 10.2 Å². The second-order valence-electron chi connectivity index (χ2n) is 6.22. The summed E-state index contributed by atoms with van der Waals surface area (Å²) in [5.41, 5.74) is 2.89. The van der Waals surface area contributed by atoms with Gasteiger partial charge in [-0.05, 0) is 53.0 Å². The van der Waals surface area contributed by atoms with E-state index in [1.54, 1.807) is 19.2 Å². The molecule has 2 heterocycles. The summed E-state index contributed by atoms with van der Waals surface area (Å²) in [7, 11) is 1.55. The number of nitrogens with zero attached hydrogens (tertiary/aromatic N) is 3. The second kappa shape index (κ2) is 9.86. The number of rotatable bonds is 8. The second-order valence-corrected chi connectivity index (χ2v) is 8.19. The summed E-state index contributed by atoms with van der Waals surface area (Å²) in [6.07, 6.45) is 3.71. The standard InChI is InChI=1S/C20H21BrN4O4S/c1-4-13-8-14-19(30-13)22-11-25(20(14)27)10-17(26)24-23-9-12-6-15(21)18(29-5-2)16(7-12)28-3/h6-9,11H,4-5,10H2,1-3H3,(H,24,26)/b23-9-. The van der Waals surface area contributed by atoms with Crippen LogP contribution in [0.2, 0.25) is 0 Å². The van der Waals surface area contributed by atoms with Crippen LogP contribution in [0.4, 0.5) is 0 Å². The lowest BCUT2D eigenvalue weighted by molar-refractivity contribution is -0.121. The summed E-state index contributed by atoms with van der Waals surface area (Å²) in [5, 5.41) is 4.49. The molecule has 8 nitrogen and oxygen atoms in total. The first-order chi connectivity index (χ1) is 14.5. The minimum atomic E-state index is -0.433. The van der Waals surface area contributed by atoms with Crippen molar-refractivity contribution in [1.29, 1.82) is 0 Å². The summed E-state index contributed by atoms with van der Waals surface area (Å²) >= 11 is 4.93. The first-order valence-electron chi connectivity index (χ1n) is 9.26. The van der Waals surface area contributed by atoms with Crippen LogP contribution >= 0.6 is 27.3 Å². The Hall–Kier alpha value is -2.72. The Morgan fingerprint density at radius 2 is 2.17 bits per heavy atom. The molecule has 1 aromatic carbocycles. The van der Waals surface area contributed by atoms with E-state index >= 15 is 0 Å². The van der Waals surface area contributed by atoms with Crippen molar-refractivity contribution in [1.82, 2.24) is 15.0 Å². The molecule has 0 saturated heterocycles. The van der Waals surface area contributed by atoms with Gasteiger partial charge in [0.1, 0.15) is 11.4 Å². The molecule has 3 rings (SSSR count). The van der Waals surface area contributed by atoms with E-state index in [0.717, 1.165) is 11.3 Å². The van der Waals surface area contributed by atoms with Crippen LogP contribution in [0.15, 0.2) is 38.9 Å². The van der Waals surface area contributed by atoms with Crippen molar-refractivity contribution < 1.29 is 14.3 Å². The summed E-state index contributed by atoms with van der Waals surface area (Å²) in [6, 6.07) is 5.38. The van der Waals surface area contributed by atoms with E-state index in [-0.39, 0.29) is 12.1 Å². The maximum absolute atomic E-state index is 12.6. The molecule has 158 valence electrons. The predicted octanol–water partition coefficient (Wildman–Crippen LogP) is 3.34. The number of halogens is 1. The molecule has 0 bridgehead atoms. The van der Waals surface area contributed by atoms with Crippen molar-refractivity contribution in [2.45, 2.75) is 26.8 Å². The number of benzene rings is 1. The van der Waals surface area contributed by atoms with Gasteiger partial charge in [0.15, 0.2) is 11.5 Å². The number of carbonyl (C=O) groups excluding carboxylic acids is 1. The Balaban J connectivity index is 1.69. The number of hydrogen-bond donors (Lipinski definition) is 1. The fourth-order valence-corrected chi connectivity index (χ4v) is 4.26. The highest BCUT2D eigenvalue weighted by molar-refractivity contribution is 9.10. The van der Waals surface area contributed by atoms with E-state index in [9.17, 15) is 9.59 Å². The number of ether oxygens (including phenoxy) is 2. The van der Waals surface area contributed by atoms with E-state index in [0.29, 0.717) is 38.4 Å². The third-order valence-electron chi connectivity index (χ3n) is 4.17. The molecule has 3 aromatic rings. The molecule has 0 spiro atoms. The predicted molar refractivity (Wildman–Crippen MR) is 121 cm³/mol. The third-order valence-corrected chi connectivity index (χ3v) is 5.95. The zero-order chi connectivity index (χ0) is 21.7. The van der Waals surface area contributed by atoms with Gasteiger partial charge >= 0.3 is 0 Å². The number of amides is 1. The Bertz CT molecular complexity index is 1160. The Morgan fingerprint density at radius 1 is 1.37 bits per heavy atom. The zero-order valence-corrected chi connectivity index (χ0v) is 19.2. The highest BCUT2D eigenvalue weighted by atomic mass is 79.9. The number of aryl methyl sites for hydroxylation is 1. The molecule has 0 aliphatic rings. The molecule has 0 aliphatic carbocycles. The average molecular weight is 493 g/mol. The van der Waals surface area contributed by atoms with Gasteiger partial charge in [-0.25, -0.2) is 10.4 Å². The largest absolute Gasteiger partial charge is 0.493 e. The molecule has 0 atom stereocenters. The maximum atomic E-state index is 12.6. The SMILES string of the molecule is CCOc1c(Br)cc(/C=N\NC(=O)Cn2cnc3sc(CC)cc3c2=O)cc1OC. The van der Waals surface area contributed by atoms with E-state index in [1.165, 1.54) is 28.4 Å². The van der Waals surface area contributed by atoms with Crippen LogP contribution in [-0.2, 0) is 17.8 Å². The van der Waals surface area contributed by atoms with E-state index in [1.807, 2.05) is 19.9 Å². The minimum Gasteiger partial charge on any atom is -0.493 e. The van der Waals surface area contributed by atoms with Gasteiger partial charge in [-0.2, -0.15) is 5.10 Å². The molecule has 30 heavy (non-hydrogen) atoms. The molecule has 0 aliphatic heterocycles. The van der Waals surface area contributed by atoms with Gasteiger partial charge in [0.25, 0.3) is 11.5 Å². The molecule has 0 fully saturated rings. The number of thiophene rings is 1. The van der Waals surface area contributed by atoms with Crippen LogP contribution in [0.1, 0.15) is 24.3 Å². The van der Waals surface area contributed by atoms with E-state index < -0.39 is 5.91 Å². The smallest absolute Gasteiger partial charge is 0.262 e. The number of carbonyl (C=O) groups is 1. The van der Waals surface area contributed by atoms with Crippen LogP contribution in [0, 0.1) is 0 Å². The van der Waals surface area contributed by atoms with E-state index in [2.05, 4.69) is 31.4 Å². The highest BCUT2D eigenvalue weighted by Crippen LogP contribution is 2.36. The van der Waals surface area contributed by atoms with Crippen molar-refractivity contribution >= 4 is 49.6 Å². The molecule has 0 radical (unpaired) electrons. The Labute approximate surface area is 185 Å². The summed E-state index contributed by atoms with van der Waals surface area (Å²) in [4.78, 5) is 30.8. The summed E-state index contributed by atoms with van der Waals surface area (Å²) < 4.78 is 12.9. The molecule has 0 saturated carbocycles. The normalized spacial score (nSPS) is 11.2. The molecular formula is C20H21BrN4O4S. The quantitative estimate of drug-likeness (QED) is 0.384. The van der Waals surface area contributed by atoms with Gasteiger partial charge in [-0.1, -0.05) is 6.92 Å². The van der Waals surface area contributed by atoms with Crippen molar-refractivity contribution in [2.75, 3.05) is 13.7 Å². The number of aromatic nitrogens is 2. The van der Waals surface area contributed by atoms with Crippen molar-refractivity contribution in [3.8, 4) is 11.5 Å². The number of hydrogen-bond acceptors (Lipinski definition) is 7. The molecule has 10 heteroatoms. The van der Waals surface area contributed by atoms with Gasteiger partial charge in [-0.3, -0.25) is 14.2 Å². The molecule has 0 unspecified atom stereocenters. The van der Waals surface area contributed by atoms with Crippen LogP contribution < -0.4 is 20.5 Å². The molecule has 1 N–H and O–H groups in total. The Morgan fingerprint density at radius 3 is 2.87 bits per heavy atom.